The maximum Gasteiger partial charge on any atom is 0.0549 e. The van der Waals surface area contributed by atoms with Gasteiger partial charge in [0, 0.05) is 22.6 Å². The van der Waals surface area contributed by atoms with Gasteiger partial charge in [0.15, 0.2) is 0 Å². The maximum absolute atomic E-state index is 4.78. The van der Waals surface area contributed by atoms with E-state index in [-0.39, 0.29) is 0 Å². The molecule has 2 aromatic rings. The molecule has 160 valence electrons. The second-order valence-electron chi connectivity index (χ2n) is 7.63. The molecule has 0 saturated heterocycles. The number of benzene rings is 1. The first-order valence-corrected chi connectivity index (χ1v) is 12.3. The first-order valence-electron chi connectivity index (χ1n) is 11.4. The molecule has 1 unspecified atom stereocenters. The Hall–Kier alpha value is -2.19. The molecule has 1 atom stereocenters. The molecule has 1 nitrogen and oxygen atoms in total. The van der Waals surface area contributed by atoms with Crippen molar-refractivity contribution in [3.63, 3.8) is 0 Å². The number of thiophene rings is 1. The number of hydrogen-bond donors (Lipinski definition) is 0. The molecule has 0 amide bonds. The summed E-state index contributed by atoms with van der Waals surface area (Å²) in [7, 11) is 0. The van der Waals surface area contributed by atoms with Crippen LogP contribution < -0.4 is 0 Å². The fourth-order valence-corrected chi connectivity index (χ4v) is 4.40. The largest absolute Gasteiger partial charge is 0.260 e. The molecule has 2 heterocycles. The van der Waals surface area contributed by atoms with Gasteiger partial charge >= 0.3 is 0 Å². The minimum atomic E-state index is 0.334. The molecule has 4 rings (SSSR count). The maximum atomic E-state index is 4.78. The van der Waals surface area contributed by atoms with Gasteiger partial charge in [0.1, 0.15) is 0 Å². The lowest BCUT2D eigenvalue weighted by Gasteiger charge is -2.19. The Kier molecular flexibility index (Phi) is 10.0. The van der Waals surface area contributed by atoms with Crippen LogP contribution in [0.1, 0.15) is 68.5 Å². The van der Waals surface area contributed by atoms with Gasteiger partial charge in [-0.2, -0.15) is 0 Å². The first-order chi connectivity index (χ1) is 14.6. The zero-order valence-corrected chi connectivity index (χ0v) is 20.4. The van der Waals surface area contributed by atoms with E-state index in [1.807, 2.05) is 25.2 Å². The molecule has 0 bridgehead atoms. The SMILES string of the molecule is CC.CCCC.Cc1cccc(CCC2=CC=CC3C(c4cc(C)cs4)=CN=C23)c1. The molecule has 2 heteroatoms. The zero-order chi connectivity index (χ0) is 21.9. The Morgan fingerprint density at radius 1 is 0.967 bits per heavy atom. The van der Waals surface area contributed by atoms with Crippen LogP contribution in [0.5, 0.6) is 0 Å². The predicted octanol–water partition coefficient (Wildman–Crippen LogP) is 8.74. The third kappa shape index (κ3) is 6.40. The minimum Gasteiger partial charge on any atom is -0.260 e. The van der Waals surface area contributed by atoms with E-state index >= 15 is 0 Å². The molecule has 2 aliphatic rings. The van der Waals surface area contributed by atoms with Crippen LogP contribution in [0.2, 0.25) is 0 Å². The van der Waals surface area contributed by atoms with E-state index in [0.717, 1.165) is 12.8 Å². The van der Waals surface area contributed by atoms with Crippen molar-refractivity contribution in [1.82, 2.24) is 0 Å². The van der Waals surface area contributed by atoms with Crippen LogP contribution in [0.4, 0.5) is 0 Å². The lowest BCUT2D eigenvalue weighted by Crippen LogP contribution is -2.16. The summed E-state index contributed by atoms with van der Waals surface area (Å²) in [6.07, 6.45) is 13.6. The molecule has 1 aliphatic heterocycles. The Balaban J connectivity index is 0.000000481. The fraction of sp³-hybridized carbons (Fsp3) is 0.393. The number of hydrogen-bond acceptors (Lipinski definition) is 2. The number of fused-ring (bicyclic) bond motifs is 1. The van der Waals surface area contributed by atoms with Crippen molar-refractivity contribution in [1.29, 1.82) is 0 Å². The van der Waals surface area contributed by atoms with Gasteiger partial charge in [0.2, 0.25) is 0 Å². The van der Waals surface area contributed by atoms with Crippen LogP contribution >= 0.6 is 11.3 Å². The van der Waals surface area contributed by atoms with Gasteiger partial charge in [-0.25, -0.2) is 0 Å². The van der Waals surface area contributed by atoms with Crippen LogP contribution in [0, 0.1) is 19.8 Å². The quantitative estimate of drug-likeness (QED) is 0.459. The average Bonchev–Trinajstić information content (AvgIpc) is 3.40. The molecule has 1 aliphatic carbocycles. The van der Waals surface area contributed by atoms with E-state index < -0.39 is 0 Å². The van der Waals surface area contributed by atoms with E-state index in [1.54, 1.807) is 0 Å². The molecule has 0 saturated carbocycles. The van der Waals surface area contributed by atoms with Crippen LogP contribution in [0.15, 0.2) is 70.7 Å². The van der Waals surface area contributed by atoms with Gasteiger partial charge in [0.25, 0.3) is 0 Å². The van der Waals surface area contributed by atoms with Crippen LogP contribution in [-0.4, -0.2) is 5.71 Å². The van der Waals surface area contributed by atoms with Gasteiger partial charge in [-0.1, -0.05) is 88.6 Å². The summed E-state index contributed by atoms with van der Waals surface area (Å²) in [5.41, 5.74) is 8.04. The summed E-state index contributed by atoms with van der Waals surface area (Å²) in [6, 6.07) is 11.1. The Morgan fingerprint density at radius 3 is 2.37 bits per heavy atom. The smallest absolute Gasteiger partial charge is 0.0549 e. The monoisotopic (exact) mass is 419 g/mol. The normalized spacial score (nSPS) is 16.3. The molecule has 1 aromatic heterocycles. The summed E-state index contributed by atoms with van der Waals surface area (Å²) in [6.45, 7) is 12.7. The van der Waals surface area contributed by atoms with Gasteiger partial charge in [-0.15, -0.1) is 11.3 Å². The number of aliphatic imine (C=N–C) groups is 1. The fourth-order valence-electron chi connectivity index (χ4n) is 3.45. The highest BCUT2D eigenvalue weighted by atomic mass is 32.1. The van der Waals surface area contributed by atoms with E-state index in [2.05, 4.69) is 87.8 Å². The van der Waals surface area contributed by atoms with Gasteiger partial charge < -0.3 is 0 Å². The Bertz CT molecular complexity index is 922. The molecule has 1 aromatic carbocycles. The second kappa shape index (κ2) is 12.5. The molecule has 0 radical (unpaired) electrons. The van der Waals surface area contributed by atoms with Crippen LogP contribution in [0.3, 0.4) is 0 Å². The molecule has 0 N–H and O–H groups in total. The predicted molar refractivity (Wildman–Crippen MR) is 137 cm³/mol. The van der Waals surface area contributed by atoms with Crippen LogP contribution in [0.25, 0.3) is 5.57 Å². The summed E-state index contributed by atoms with van der Waals surface area (Å²) in [5.74, 6) is 0.334. The van der Waals surface area contributed by atoms with Crippen LogP contribution in [-0.2, 0) is 6.42 Å². The van der Waals surface area contributed by atoms with E-state index in [4.69, 9.17) is 4.99 Å². The third-order valence-corrected chi connectivity index (χ3v) is 6.28. The highest BCUT2D eigenvalue weighted by Gasteiger charge is 2.28. The van der Waals surface area contributed by atoms with E-state index in [0.29, 0.717) is 5.92 Å². The number of rotatable bonds is 5. The third-order valence-electron chi connectivity index (χ3n) is 5.18. The Morgan fingerprint density at radius 2 is 1.73 bits per heavy atom. The Labute approximate surface area is 188 Å². The molecule has 0 spiro atoms. The first kappa shape index (κ1) is 24.1. The molecule has 0 fully saturated rings. The highest BCUT2D eigenvalue weighted by molar-refractivity contribution is 7.11. The van der Waals surface area contributed by atoms with Crippen molar-refractivity contribution in [3.8, 4) is 0 Å². The van der Waals surface area contributed by atoms with E-state index in [1.165, 1.54) is 51.3 Å². The number of nitrogens with zero attached hydrogens (tertiary/aromatic N) is 1. The van der Waals surface area contributed by atoms with Gasteiger partial charge in [-0.3, -0.25) is 4.99 Å². The topological polar surface area (TPSA) is 12.4 Å². The van der Waals surface area contributed by atoms with Crippen molar-refractivity contribution < 1.29 is 0 Å². The lowest BCUT2D eigenvalue weighted by atomic mass is 9.85. The standard InChI is InChI=1S/C22H21NS.C4H10.C2H6/c1-15-5-3-6-17(11-15)9-10-18-7-4-8-19-20(13-23-22(18)19)21-12-16(2)14-24-21;1-3-4-2;1-2/h3-8,11-14,19H,9-10H2,1-2H3;3-4H2,1-2H3;1-2H3. The van der Waals surface area contributed by atoms with Gasteiger partial charge in [-0.05, 0) is 54.8 Å². The van der Waals surface area contributed by atoms with Crippen molar-refractivity contribution in [3.05, 3.63) is 87.3 Å². The zero-order valence-electron chi connectivity index (χ0n) is 19.5. The van der Waals surface area contributed by atoms with Gasteiger partial charge in [0.05, 0.1) is 5.71 Å². The summed E-state index contributed by atoms with van der Waals surface area (Å²) in [4.78, 5) is 6.13. The highest BCUT2D eigenvalue weighted by Crippen LogP contribution is 2.38. The minimum absolute atomic E-state index is 0.334. The van der Waals surface area contributed by atoms with Crippen molar-refractivity contribution >= 4 is 22.6 Å². The molecule has 30 heavy (non-hydrogen) atoms. The number of unbranched alkanes of at least 4 members (excludes halogenated alkanes) is 1. The van der Waals surface area contributed by atoms with Crippen molar-refractivity contribution in [2.24, 2.45) is 10.9 Å². The lowest BCUT2D eigenvalue weighted by molar-refractivity contribution is 0.886. The number of aryl methyl sites for hydroxylation is 3. The molecular formula is C28H37NS. The second-order valence-corrected chi connectivity index (χ2v) is 8.54. The molecular weight excluding hydrogens is 382 g/mol. The average molecular weight is 420 g/mol. The van der Waals surface area contributed by atoms with Crippen molar-refractivity contribution in [2.75, 3.05) is 0 Å². The van der Waals surface area contributed by atoms with E-state index in [9.17, 15) is 0 Å². The summed E-state index contributed by atoms with van der Waals surface area (Å²) < 4.78 is 0. The summed E-state index contributed by atoms with van der Waals surface area (Å²) in [5, 5.41) is 2.22. The van der Waals surface area contributed by atoms with Crippen molar-refractivity contribution in [2.45, 2.75) is 67.2 Å². The summed E-state index contributed by atoms with van der Waals surface area (Å²) >= 11 is 1.82. The number of allylic oxidation sites excluding steroid dienone is 5.